The minimum Gasteiger partial charge on any atom is -0.444 e. The molecule has 27 heavy (non-hydrogen) atoms. The molecule has 0 unspecified atom stereocenters. The van der Waals surface area contributed by atoms with Gasteiger partial charge in [-0.05, 0) is 44.4 Å². The summed E-state index contributed by atoms with van der Waals surface area (Å²) in [4.78, 5) is 12.1. The highest BCUT2D eigenvalue weighted by Crippen LogP contribution is 2.32. The minimum atomic E-state index is -0.588. The number of thioether (sulfide) groups is 1. The molecule has 0 bridgehead atoms. The molecule has 0 aliphatic rings. The van der Waals surface area contributed by atoms with Gasteiger partial charge < -0.3 is 14.5 Å². The van der Waals surface area contributed by atoms with Gasteiger partial charge in [-0.25, -0.2) is 4.79 Å². The Kier molecular flexibility index (Phi) is 7.42. The first-order chi connectivity index (χ1) is 12.6. The van der Waals surface area contributed by atoms with Crippen molar-refractivity contribution in [3.05, 3.63) is 39.7 Å². The van der Waals surface area contributed by atoms with E-state index in [0.717, 1.165) is 5.56 Å². The molecule has 1 amide bonds. The quantitative estimate of drug-likeness (QED) is 0.574. The molecule has 0 aliphatic heterocycles. The number of rotatable bonds is 6. The highest BCUT2D eigenvalue weighted by atomic mass is 35.5. The number of carbonyl (C=O) groups is 1. The van der Waals surface area contributed by atoms with Crippen molar-refractivity contribution < 1.29 is 13.9 Å². The van der Waals surface area contributed by atoms with Crippen molar-refractivity contribution in [1.82, 2.24) is 15.5 Å². The third kappa shape index (κ3) is 6.59. The van der Waals surface area contributed by atoms with Crippen LogP contribution in [0.4, 0.5) is 4.79 Å². The topological polar surface area (TPSA) is 77.2 Å². The van der Waals surface area contributed by atoms with Gasteiger partial charge in [0.15, 0.2) is 0 Å². The van der Waals surface area contributed by atoms with Crippen molar-refractivity contribution in [3.8, 4) is 0 Å². The number of carbonyl (C=O) groups excluding carboxylic acids is 1. The lowest BCUT2D eigenvalue weighted by atomic mass is 10.1. The lowest BCUT2D eigenvalue weighted by Gasteiger charge is -2.23. The van der Waals surface area contributed by atoms with E-state index in [2.05, 4.69) is 15.5 Å². The van der Waals surface area contributed by atoms with Crippen molar-refractivity contribution >= 4 is 41.1 Å². The summed E-state index contributed by atoms with van der Waals surface area (Å²) in [6.07, 6.45) is -0.531. The number of amides is 1. The Hall–Kier alpha value is -1.44. The highest BCUT2D eigenvalue weighted by molar-refractivity contribution is 7.98. The van der Waals surface area contributed by atoms with Gasteiger partial charge >= 0.3 is 6.09 Å². The molecule has 0 saturated carbocycles. The molecular formula is C18H23Cl2N3O3S. The summed E-state index contributed by atoms with van der Waals surface area (Å²) in [7, 11) is 0. The monoisotopic (exact) mass is 431 g/mol. The third-order valence-corrected chi connectivity index (χ3v) is 4.98. The van der Waals surface area contributed by atoms with Gasteiger partial charge in [-0.1, -0.05) is 54.9 Å². The summed E-state index contributed by atoms with van der Waals surface area (Å²) in [5, 5.41) is 12.4. The largest absolute Gasteiger partial charge is 0.444 e. The maximum absolute atomic E-state index is 12.1. The number of nitrogens with one attached hydrogen (secondary N) is 1. The van der Waals surface area contributed by atoms with E-state index in [1.54, 1.807) is 39.0 Å². The van der Waals surface area contributed by atoms with Crippen LogP contribution in [-0.4, -0.2) is 21.9 Å². The summed E-state index contributed by atoms with van der Waals surface area (Å²) >= 11 is 13.7. The number of hydrogen-bond acceptors (Lipinski definition) is 6. The normalized spacial score (nSPS) is 12.9. The number of nitrogens with zero attached hydrogens (tertiary/aromatic N) is 2. The molecule has 2 rings (SSSR count). The Morgan fingerprint density at radius 2 is 1.89 bits per heavy atom. The number of halogens is 2. The van der Waals surface area contributed by atoms with E-state index in [-0.39, 0.29) is 5.92 Å². The lowest BCUT2D eigenvalue weighted by Crippen LogP contribution is -2.37. The molecule has 9 heteroatoms. The van der Waals surface area contributed by atoms with Gasteiger partial charge in [-0.15, -0.1) is 10.2 Å². The average molecular weight is 432 g/mol. The minimum absolute atomic E-state index is 0.0360. The van der Waals surface area contributed by atoms with Crippen LogP contribution in [0.2, 0.25) is 10.0 Å². The summed E-state index contributed by atoms with van der Waals surface area (Å²) in [6.45, 7) is 9.31. The molecule has 6 nitrogen and oxygen atoms in total. The molecule has 148 valence electrons. The van der Waals surface area contributed by atoms with Crippen molar-refractivity contribution in [2.75, 3.05) is 0 Å². The summed E-state index contributed by atoms with van der Waals surface area (Å²) in [5.41, 5.74) is 0.216. The van der Waals surface area contributed by atoms with Crippen LogP contribution in [0.1, 0.15) is 52.1 Å². The Bertz CT molecular complexity index is 770. The second-order valence-corrected chi connectivity index (χ2v) is 9.00. The molecule has 1 atom stereocenters. The molecule has 0 aliphatic carbocycles. The zero-order valence-corrected chi connectivity index (χ0v) is 18.2. The third-order valence-electron chi connectivity index (χ3n) is 3.43. The molecule has 1 N–H and O–H groups in total. The van der Waals surface area contributed by atoms with Gasteiger partial charge in [0.25, 0.3) is 5.22 Å². The highest BCUT2D eigenvalue weighted by Gasteiger charge is 2.27. The molecule has 0 saturated heterocycles. The second-order valence-electron chi connectivity index (χ2n) is 7.26. The Balaban J connectivity index is 2.06. The number of ether oxygens (including phenoxy) is 1. The molecule has 0 spiro atoms. The van der Waals surface area contributed by atoms with Crippen LogP contribution in [0.3, 0.4) is 0 Å². The predicted octanol–water partition coefficient (Wildman–Crippen LogP) is 5.89. The van der Waals surface area contributed by atoms with Gasteiger partial charge in [-0.3, -0.25) is 0 Å². The van der Waals surface area contributed by atoms with E-state index in [0.29, 0.717) is 26.9 Å². The fourth-order valence-electron chi connectivity index (χ4n) is 2.16. The van der Waals surface area contributed by atoms with E-state index in [4.69, 9.17) is 32.4 Å². The van der Waals surface area contributed by atoms with Crippen LogP contribution >= 0.6 is 35.0 Å². The smallest absolute Gasteiger partial charge is 0.408 e. The number of hydrogen-bond donors (Lipinski definition) is 1. The van der Waals surface area contributed by atoms with E-state index in [1.165, 1.54) is 11.8 Å². The molecule has 2 aromatic rings. The number of aromatic nitrogens is 2. The van der Waals surface area contributed by atoms with Crippen molar-refractivity contribution in [3.63, 3.8) is 0 Å². The van der Waals surface area contributed by atoms with Crippen molar-refractivity contribution in [2.45, 2.75) is 57.2 Å². The zero-order chi connectivity index (χ0) is 20.2. The van der Waals surface area contributed by atoms with E-state index in [1.807, 2.05) is 13.8 Å². The Morgan fingerprint density at radius 3 is 2.44 bits per heavy atom. The first kappa shape index (κ1) is 21.9. The van der Waals surface area contributed by atoms with Crippen molar-refractivity contribution in [1.29, 1.82) is 0 Å². The van der Waals surface area contributed by atoms with Crippen molar-refractivity contribution in [2.24, 2.45) is 5.92 Å². The second kappa shape index (κ2) is 9.17. The van der Waals surface area contributed by atoms with Crippen LogP contribution < -0.4 is 5.32 Å². The van der Waals surface area contributed by atoms with E-state index in [9.17, 15) is 4.79 Å². The van der Waals surface area contributed by atoms with Gasteiger partial charge in [0, 0.05) is 15.8 Å². The molecule has 1 heterocycles. The Morgan fingerprint density at radius 1 is 1.26 bits per heavy atom. The molecular weight excluding hydrogens is 409 g/mol. The first-order valence-corrected chi connectivity index (χ1v) is 10.2. The standard InChI is InChI=1S/C18H23Cl2N3O3S/c1-10(2)14(21-16(24)26-18(3,4)5)15-22-23-17(25-15)27-9-11-12(19)7-6-8-13(11)20/h6-8,10,14H,9H2,1-5H3,(H,21,24)/t14-/m1/s1. The van der Waals surface area contributed by atoms with Gasteiger partial charge in [0.2, 0.25) is 5.89 Å². The summed E-state index contributed by atoms with van der Waals surface area (Å²) in [6, 6.07) is 4.90. The predicted molar refractivity (Wildman–Crippen MR) is 107 cm³/mol. The van der Waals surface area contributed by atoms with Gasteiger partial charge in [0.05, 0.1) is 0 Å². The average Bonchev–Trinajstić information content (AvgIpc) is 2.98. The van der Waals surface area contributed by atoms with Gasteiger partial charge in [0.1, 0.15) is 11.6 Å². The van der Waals surface area contributed by atoms with Crippen LogP contribution in [-0.2, 0) is 10.5 Å². The molecule has 0 fully saturated rings. The van der Waals surface area contributed by atoms with Crippen LogP contribution in [0.25, 0.3) is 0 Å². The fraction of sp³-hybridized carbons (Fsp3) is 0.500. The summed E-state index contributed by atoms with van der Waals surface area (Å²) < 4.78 is 11.0. The maximum Gasteiger partial charge on any atom is 0.408 e. The summed E-state index contributed by atoms with van der Waals surface area (Å²) in [5.74, 6) is 0.851. The molecule has 0 radical (unpaired) electrons. The SMILES string of the molecule is CC(C)[C@@H](NC(=O)OC(C)(C)C)c1nnc(SCc2c(Cl)cccc2Cl)o1. The number of alkyl carbamates (subject to hydrolysis) is 1. The van der Waals surface area contributed by atoms with Crippen LogP contribution in [0.5, 0.6) is 0 Å². The van der Waals surface area contributed by atoms with E-state index < -0.39 is 17.7 Å². The molecule has 1 aromatic heterocycles. The van der Waals surface area contributed by atoms with Crippen LogP contribution in [0, 0.1) is 5.92 Å². The Labute approximate surface area is 173 Å². The first-order valence-electron chi connectivity index (χ1n) is 8.45. The lowest BCUT2D eigenvalue weighted by molar-refractivity contribution is 0.0477. The van der Waals surface area contributed by atoms with Crippen LogP contribution in [0.15, 0.2) is 27.8 Å². The van der Waals surface area contributed by atoms with Gasteiger partial charge in [-0.2, -0.15) is 0 Å². The molecule has 1 aromatic carbocycles. The fourth-order valence-corrected chi connectivity index (χ4v) is 3.67. The maximum atomic E-state index is 12.1. The zero-order valence-electron chi connectivity index (χ0n) is 15.9. The van der Waals surface area contributed by atoms with E-state index >= 15 is 0 Å². The number of benzene rings is 1.